The number of carbonyl (C=O) groups is 1. The van der Waals surface area contributed by atoms with Crippen LogP contribution in [0.2, 0.25) is 5.15 Å². The molecule has 16 heavy (non-hydrogen) atoms. The molecule has 0 atom stereocenters. The van der Waals surface area contributed by atoms with Gasteiger partial charge in [-0.2, -0.15) is 0 Å². The molecule has 0 fully saturated rings. The van der Waals surface area contributed by atoms with Crippen molar-refractivity contribution in [2.45, 2.75) is 6.54 Å². The zero-order chi connectivity index (χ0) is 11.4. The zero-order valence-electron chi connectivity index (χ0n) is 8.05. The number of rotatable bonds is 3. The monoisotopic (exact) mass is 254 g/mol. The average molecular weight is 255 g/mol. The highest BCUT2D eigenvalue weighted by atomic mass is 35.5. The Hall–Kier alpha value is -1.53. The average Bonchev–Trinajstić information content (AvgIpc) is 2.78. The predicted octanol–water partition coefficient (Wildman–Crippen LogP) is 1.52. The quantitative estimate of drug-likeness (QED) is 0.902. The van der Waals surface area contributed by atoms with E-state index in [2.05, 4.69) is 20.3 Å². The van der Waals surface area contributed by atoms with E-state index in [9.17, 15) is 4.79 Å². The van der Waals surface area contributed by atoms with Crippen LogP contribution in [0.15, 0.2) is 24.0 Å². The first-order chi connectivity index (χ1) is 7.75. The van der Waals surface area contributed by atoms with Gasteiger partial charge in [-0.25, -0.2) is 9.97 Å². The van der Waals surface area contributed by atoms with Gasteiger partial charge < -0.3 is 5.32 Å². The summed E-state index contributed by atoms with van der Waals surface area (Å²) >= 11 is 7.10. The van der Waals surface area contributed by atoms with Crippen LogP contribution in [0.5, 0.6) is 0 Å². The van der Waals surface area contributed by atoms with Gasteiger partial charge in [0.2, 0.25) is 0 Å². The maximum Gasteiger partial charge on any atom is 0.271 e. The van der Waals surface area contributed by atoms with Crippen LogP contribution in [-0.2, 0) is 6.54 Å². The lowest BCUT2D eigenvalue weighted by Crippen LogP contribution is -2.23. The van der Waals surface area contributed by atoms with Crippen LogP contribution in [0.3, 0.4) is 0 Å². The molecule has 0 saturated carbocycles. The van der Waals surface area contributed by atoms with E-state index in [1.54, 1.807) is 6.20 Å². The van der Waals surface area contributed by atoms with Crippen molar-refractivity contribution in [1.82, 2.24) is 20.3 Å². The smallest absolute Gasteiger partial charge is 0.271 e. The zero-order valence-corrected chi connectivity index (χ0v) is 9.63. The fourth-order valence-electron chi connectivity index (χ4n) is 1.04. The highest BCUT2D eigenvalue weighted by molar-refractivity contribution is 7.09. The number of aromatic nitrogens is 3. The molecule has 5 nitrogen and oxygen atoms in total. The molecule has 0 aromatic carbocycles. The van der Waals surface area contributed by atoms with Crippen molar-refractivity contribution in [3.63, 3.8) is 0 Å². The Morgan fingerprint density at radius 2 is 2.38 bits per heavy atom. The third-order valence-electron chi connectivity index (χ3n) is 1.72. The second kappa shape index (κ2) is 5.00. The molecule has 0 unspecified atom stereocenters. The molecular weight excluding hydrogens is 248 g/mol. The largest absolute Gasteiger partial charge is 0.344 e. The number of hydrogen-bond acceptors (Lipinski definition) is 5. The van der Waals surface area contributed by atoms with Crippen LogP contribution < -0.4 is 5.32 Å². The molecular formula is C9H7ClN4OS. The van der Waals surface area contributed by atoms with E-state index in [0.29, 0.717) is 6.54 Å². The summed E-state index contributed by atoms with van der Waals surface area (Å²) in [6, 6.07) is 0. The van der Waals surface area contributed by atoms with Crippen LogP contribution in [0, 0.1) is 0 Å². The van der Waals surface area contributed by atoms with Crippen LogP contribution in [0.4, 0.5) is 0 Å². The van der Waals surface area contributed by atoms with Crippen molar-refractivity contribution < 1.29 is 4.79 Å². The van der Waals surface area contributed by atoms with Crippen molar-refractivity contribution >= 4 is 28.8 Å². The first-order valence-electron chi connectivity index (χ1n) is 4.40. The van der Waals surface area contributed by atoms with Gasteiger partial charge in [0, 0.05) is 11.6 Å². The Kier molecular flexibility index (Phi) is 3.43. The molecule has 0 spiro atoms. The number of nitrogens with one attached hydrogen (secondary N) is 1. The summed E-state index contributed by atoms with van der Waals surface area (Å²) in [6.07, 6.45) is 4.42. The van der Waals surface area contributed by atoms with E-state index < -0.39 is 0 Å². The molecule has 7 heteroatoms. The summed E-state index contributed by atoms with van der Waals surface area (Å²) in [5.74, 6) is -0.315. The third-order valence-corrected chi connectivity index (χ3v) is 2.68. The fourth-order valence-corrected chi connectivity index (χ4v) is 1.74. The van der Waals surface area contributed by atoms with E-state index in [1.807, 2.05) is 5.38 Å². The van der Waals surface area contributed by atoms with E-state index in [0.717, 1.165) is 5.01 Å². The molecule has 0 radical (unpaired) electrons. The van der Waals surface area contributed by atoms with E-state index in [-0.39, 0.29) is 16.8 Å². The lowest BCUT2D eigenvalue weighted by Gasteiger charge is -2.01. The Labute approximate surface area is 101 Å². The van der Waals surface area contributed by atoms with Crippen LogP contribution >= 0.6 is 22.9 Å². The molecule has 2 heterocycles. The van der Waals surface area contributed by atoms with Gasteiger partial charge in [-0.15, -0.1) is 11.3 Å². The molecule has 2 aromatic rings. The van der Waals surface area contributed by atoms with E-state index in [4.69, 9.17) is 11.6 Å². The molecule has 0 aliphatic rings. The Morgan fingerprint density at radius 1 is 1.50 bits per heavy atom. The lowest BCUT2D eigenvalue weighted by atomic mass is 10.4. The number of nitrogens with zero attached hydrogens (tertiary/aromatic N) is 3. The molecule has 0 aliphatic heterocycles. The second-order valence-corrected chi connectivity index (χ2v) is 4.20. The highest BCUT2D eigenvalue weighted by Crippen LogP contribution is 2.05. The summed E-state index contributed by atoms with van der Waals surface area (Å²) in [5.41, 5.74) is 0.198. The predicted molar refractivity (Wildman–Crippen MR) is 60.3 cm³/mol. The topological polar surface area (TPSA) is 67.8 Å². The Bertz CT molecular complexity index is 488. The number of carbonyl (C=O) groups excluding carboxylic acids is 1. The van der Waals surface area contributed by atoms with Gasteiger partial charge >= 0.3 is 0 Å². The first kappa shape index (κ1) is 11.0. The second-order valence-electron chi connectivity index (χ2n) is 2.84. The van der Waals surface area contributed by atoms with E-state index >= 15 is 0 Å². The molecule has 82 valence electrons. The van der Waals surface area contributed by atoms with Gasteiger partial charge in [-0.3, -0.25) is 9.78 Å². The van der Waals surface area contributed by atoms with Crippen molar-refractivity contribution in [3.8, 4) is 0 Å². The number of thiazole rings is 1. The lowest BCUT2D eigenvalue weighted by molar-refractivity contribution is 0.0945. The molecule has 0 bridgehead atoms. The summed E-state index contributed by atoms with van der Waals surface area (Å²) in [7, 11) is 0. The van der Waals surface area contributed by atoms with Gasteiger partial charge in [0.15, 0.2) is 0 Å². The summed E-state index contributed by atoms with van der Waals surface area (Å²) < 4.78 is 0. The SMILES string of the molecule is O=C(NCc1nccs1)c1cncc(Cl)n1. The first-order valence-corrected chi connectivity index (χ1v) is 5.65. The molecule has 1 N–H and O–H groups in total. The maximum absolute atomic E-state index is 11.6. The fraction of sp³-hybridized carbons (Fsp3) is 0.111. The summed E-state index contributed by atoms with van der Waals surface area (Å²) in [5, 5.41) is 5.56. The standard InChI is InChI=1S/C9H7ClN4OS/c10-7-4-11-3-6(14-7)9(15)13-5-8-12-1-2-16-8/h1-4H,5H2,(H,13,15). The van der Waals surface area contributed by atoms with Crippen LogP contribution in [0.25, 0.3) is 0 Å². The molecule has 0 aliphatic carbocycles. The van der Waals surface area contributed by atoms with Gasteiger partial charge in [-0.05, 0) is 0 Å². The molecule has 2 aromatic heterocycles. The van der Waals surface area contributed by atoms with Gasteiger partial charge in [-0.1, -0.05) is 11.6 Å². The minimum absolute atomic E-state index is 0.196. The highest BCUT2D eigenvalue weighted by Gasteiger charge is 2.08. The summed E-state index contributed by atoms with van der Waals surface area (Å²) in [4.78, 5) is 23.3. The molecule has 1 amide bonds. The van der Waals surface area contributed by atoms with Crippen molar-refractivity contribution in [2.75, 3.05) is 0 Å². The Morgan fingerprint density at radius 3 is 3.06 bits per heavy atom. The minimum Gasteiger partial charge on any atom is -0.344 e. The Balaban J connectivity index is 1.98. The number of hydrogen-bond donors (Lipinski definition) is 1. The van der Waals surface area contributed by atoms with Crippen LogP contribution in [0.1, 0.15) is 15.5 Å². The molecule has 0 saturated heterocycles. The maximum atomic E-state index is 11.6. The van der Waals surface area contributed by atoms with Gasteiger partial charge in [0.05, 0.1) is 18.9 Å². The molecule has 2 rings (SSSR count). The van der Waals surface area contributed by atoms with Gasteiger partial charge in [0.1, 0.15) is 15.9 Å². The van der Waals surface area contributed by atoms with Crippen molar-refractivity contribution in [1.29, 1.82) is 0 Å². The summed E-state index contributed by atoms with van der Waals surface area (Å²) in [6.45, 7) is 0.380. The van der Waals surface area contributed by atoms with Crippen molar-refractivity contribution in [2.24, 2.45) is 0 Å². The van der Waals surface area contributed by atoms with E-state index in [1.165, 1.54) is 23.7 Å². The normalized spacial score (nSPS) is 10.1. The van der Waals surface area contributed by atoms with Crippen LogP contribution in [-0.4, -0.2) is 20.9 Å². The third kappa shape index (κ3) is 2.74. The number of halogens is 1. The van der Waals surface area contributed by atoms with Gasteiger partial charge in [0.25, 0.3) is 5.91 Å². The van der Waals surface area contributed by atoms with Crippen molar-refractivity contribution in [3.05, 3.63) is 39.8 Å². The minimum atomic E-state index is -0.315. The number of amides is 1.